The third-order valence-electron chi connectivity index (χ3n) is 2.74. The number of hydrogen-bond acceptors (Lipinski definition) is 5. The van der Waals surface area contributed by atoms with Crippen LogP contribution in [-0.2, 0) is 25.1 Å². The zero-order chi connectivity index (χ0) is 15.3. The molecular formula is C13H17BrO5S. The largest absolute Gasteiger partial charge is 0.497 e. The molecular weight excluding hydrogens is 348 g/mol. The molecule has 1 aromatic carbocycles. The molecule has 1 atom stereocenters. The zero-order valence-electron chi connectivity index (χ0n) is 11.6. The summed E-state index contributed by atoms with van der Waals surface area (Å²) < 4.78 is 34.5. The lowest BCUT2D eigenvalue weighted by Crippen LogP contribution is -2.23. The van der Waals surface area contributed by atoms with Crippen LogP contribution in [0.1, 0.15) is 12.5 Å². The molecule has 0 bridgehead atoms. The van der Waals surface area contributed by atoms with Crippen molar-refractivity contribution in [3.05, 3.63) is 28.2 Å². The summed E-state index contributed by atoms with van der Waals surface area (Å²) in [6.45, 7) is 1.53. The van der Waals surface area contributed by atoms with Gasteiger partial charge in [-0.3, -0.25) is 4.79 Å². The highest BCUT2D eigenvalue weighted by Gasteiger charge is 2.23. The second-order valence-electron chi connectivity index (χ2n) is 4.44. The van der Waals surface area contributed by atoms with Crippen molar-refractivity contribution in [1.82, 2.24) is 0 Å². The van der Waals surface area contributed by atoms with Crippen molar-refractivity contribution in [1.29, 1.82) is 0 Å². The first-order valence-corrected chi connectivity index (χ1v) is 8.51. The number of methoxy groups -OCH3 is 2. The van der Waals surface area contributed by atoms with Crippen molar-refractivity contribution in [2.24, 2.45) is 5.92 Å². The second kappa shape index (κ2) is 7.08. The van der Waals surface area contributed by atoms with Crippen LogP contribution in [0.15, 0.2) is 22.7 Å². The minimum absolute atomic E-state index is 0.161. The minimum atomic E-state index is -3.42. The maximum atomic E-state index is 12.1. The summed E-state index contributed by atoms with van der Waals surface area (Å²) in [5, 5.41) is 0. The molecule has 0 aromatic heterocycles. The van der Waals surface area contributed by atoms with Crippen LogP contribution in [0.2, 0.25) is 0 Å². The van der Waals surface area contributed by atoms with E-state index in [0.29, 0.717) is 15.8 Å². The monoisotopic (exact) mass is 364 g/mol. The molecule has 5 nitrogen and oxygen atoms in total. The van der Waals surface area contributed by atoms with E-state index in [1.165, 1.54) is 21.1 Å². The van der Waals surface area contributed by atoms with Crippen LogP contribution in [-0.4, -0.2) is 34.4 Å². The molecule has 0 heterocycles. The van der Waals surface area contributed by atoms with Crippen molar-refractivity contribution in [2.45, 2.75) is 12.7 Å². The van der Waals surface area contributed by atoms with Gasteiger partial charge in [-0.05, 0) is 23.8 Å². The average Bonchev–Trinajstić information content (AvgIpc) is 2.39. The van der Waals surface area contributed by atoms with Gasteiger partial charge in [0.05, 0.1) is 31.6 Å². The third-order valence-corrected chi connectivity index (χ3v) is 5.27. The molecule has 0 saturated carbocycles. The van der Waals surface area contributed by atoms with Crippen molar-refractivity contribution in [3.63, 3.8) is 0 Å². The van der Waals surface area contributed by atoms with E-state index in [1.807, 2.05) is 0 Å². The van der Waals surface area contributed by atoms with Crippen LogP contribution in [0.3, 0.4) is 0 Å². The second-order valence-corrected chi connectivity index (χ2v) is 7.40. The Balaban J connectivity index is 2.88. The van der Waals surface area contributed by atoms with Gasteiger partial charge in [0.25, 0.3) is 0 Å². The van der Waals surface area contributed by atoms with Gasteiger partial charge >= 0.3 is 5.97 Å². The Labute approximate surface area is 127 Å². The van der Waals surface area contributed by atoms with Gasteiger partial charge in [0.1, 0.15) is 5.75 Å². The highest BCUT2D eigenvalue weighted by molar-refractivity contribution is 9.10. The molecule has 0 fully saturated rings. The van der Waals surface area contributed by atoms with Crippen LogP contribution in [0, 0.1) is 5.92 Å². The number of benzene rings is 1. The maximum absolute atomic E-state index is 12.1. The Morgan fingerprint density at radius 2 is 2.00 bits per heavy atom. The summed E-state index contributed by atoms with van der Waals surface area (Å²) >= 11 is 3.31. The number of rotatable bonds is 6. The van der Waals surface area contributed by atoms with Crippen molar-refractivity contribution < 1.29 is 22.7 Å². The highest BCUT2D eigenvalue weighted by atomic mass is 79.9. The maximum Gasteiger partial charge on any atom is 0.309 e. The lowest BCUT2D eigenvalue weighted by molar-refractivity contribution is -0.144. The Bertz CT molecular complexity index is 582. The topological polar surface area (TPSA) is 69.7 Å². The van der Waals surface area contributed by atoms with Crippen LogP contribution in [0.25, 0.3) is 0 Å². The molecule has 0 N–H and O–H groups in total. The van der Waals surface area contributed by atoms with Crippen molar-refractivity contribution in [2.75, 3.05) is 20.0 Å². The van der Waals surface area contributed by atoms with E-state index in [0.717, 1.165) is 0 Å². The molecule has 7 heteroatoms. The van der Waals surface area contributed by atoms with Gasteiger partial charge < -0.3 is 9.47 Å². The Morgan fingerprint density at radius 1 is 1.35 bits per heavy atom. The van der Waals surface area contributed by atoms with Gasteiger partial charge in [-0.15, -0.1) is 0 Å². The predicted octanol–water partition coefficient (Wildman–Crippen LogP) is 2.18. The number of carbonyl (C=O) groups excluding carboxylic acids is 1. The Morgan fingerprint density at radius 3 is 2.55 bits per heavy atom. The van der Waals surface area contributed by atoms with Crippen LogP contribution >= 0.6 is 15.9 Å². The van der Waals surface area contributed by atoms with E-state index < -0.39 is 21.7 Å². The first kappa shape index (κ1) is 17.0. The summed E-state index contributed by atoms with van der Waals surface area (Å²) in [5.74, 6) is -1.04. The number of halogens is 1. The van der Waals surface area contributed by atoms with E-state index in [-0.39, 0.29) is 11.5 Å². The fourth-order valence-corrected chi connectivity index (χ4v) is 4.04. The number of carbonyl (C=O) groups is 1. The average molecular weight is 365 g/mol. The number of hydrogen-bond donors (Lipinski definition) is 0. The molecule has 0 aliphatic rings. The van der Waals surface area contributed by atoms with Gasteiger partial charge in [-0.25, -0.2) is 8.42 Å². The summed E-state index contributed by atoms with van der Waals surface area (Å²) in [5.41, 5.74) is 0.599. The third kappa shape index (κ3) is 4.79. The van der Waals surface area contributed by atoms with Crippen LogP contribution in [0.4, 0.5) is 0 Å². The molecule has 0 spiro atoms. The predicted molar refractivity (Wildman–Crippen MR) is 79.4 cm³/mol. The number of sulfone groups is 1. The SMILES string of the molecule is COC(=O)C(C)CS(=O)(=O)Cc1cc(OC)ccc1Br. The fourth-order valence-electron chi connectivity index (χ4n) is 1.73. The normalized spacial score (nSPS) is 12.8. The Kier molecular flexibility index (Phi) is 6.01. The Hall–Kier alpha value is -1.08. The fraction of sp³-hybridized carbons (Fsp3) is 0.462. The molecule has 1 aromatic rings. The van der Waals surface area contributed by atoms with Gasteiger partial charge in [0, 0.05) is 4.47 Å². The van der Waals surface area contributed by atoms with Crippen LogP contribution in [0.5, 0.6) is 5.75 Å². The van der Waals surface area contributed by atoms with E-state index >= 15 is 0 Å². The zero-order valence-corrected chi connectivity index (χ0v) is 14.0. The highest BCUT2D eigenvalue weighted by Crippen LogP contribution is 2.25. The quantitative estimate of drug-likeness (QED) is 0.723. The first-order valence-electron chi connectivity index (χ1n) is 5.89. The molecule has 0 saturated heterocycles. The van der Waals surface area contributed by atoms with E-state index in [2.05, 4.69) is 20.7 Å². The number of esters is 1. The van der Waals surface area contributed by atoms with Crippen molar-refractivity contribution in [3.8, 4) is 5.75 Å². The summed E-state index contributed by atoms with van der Waals surface area (Å²) in [4.78, 5) is 11.3. The summed E-state index contributed by atoms with van der Waals surface area (Å²) in [7, 11) is -0.668. The molecule has 0 aliphatic carbocycles. The molecule has 0 aliphatic heterocycles. The number of ether oxygens (including phenoxy) is 2. The minimum Gasteiger partial charge on any atom is -0.497 e. The van der Waals surface area contributed by atoms with E-state index in [9.17, 15) is 13.2 Å². The first-order chi connectivity index (χ1) is 9.29. The lowest BCUT2D eigenvalue weighted by atomic mass is 10.2. The molecule has 1 rings (SSSR count). The molecule has 0 radical (unpaired) electrons. The smallest absolute Gasteiger partial charge is 0.309 e. The molecule has 112 valence electrons. The molecule has 1 unspecified atom stereocenters. The van der Waals surface area contributed by atoms with Gasteiger partial charge in [-0.2, -0.15) is 0 Å². The van der Waals surface area contributed by atoms with E-state index in [4.69, 9.17) is 4.74 Å². The molecule has 20 heavy (non-hydrogen) atoms. The lowest BCUT2D eigenvalue weighted by Gasteiger charge is -2.11. The summed E-state index contributed by atoms with van der Waals surface area (Å²) in [6.07, 6.45) is 0. The van der Waals surface area contributed by atoms with Gasteiger partial charge in [0.2, 0.25) is 0 Å². The van der Waals surface area contributed by atoms with E-state index in [1.54, 1.807) is 18.2 Å². The standard InChI is InChI=1S/C13H17BrO5S/c1-9(13(15)19-3)7-20(16,17)8-10-6-11(18-2)4-5-12(10)14/h4-6,9H,7-8H2,1-3H3. The van der Waals surface area contributed by atoms with Gasteiger partial charge in [0.15, 0.2) is 9.84 Å². The summed E-state index contributed by atoms with van der Waals surface area (Å²) in [6, 6.07) is 5.12. The van der Waals surface area contributed by atoms with Crippen LogP contribution < -0.4 is 4.74 Å². The van der Waals surface area contributed by atoms with Gasteiger partial charge in [-0.1, -0.05) is 22.9 Å². The molecule has 0 amide bonds. The van der Waals surface area contributed by atoms with Crippen molar-refractivity contribution >= 4 is 31.7 Å².